The van der Waals surface area contributed by atoms with Crippen molar-refractivity contribution in [1.29, 1.82) is 0 Å². The van der Waals surface area contributed by atoms with Gasteiger partial charge in [0.25, 0.3) is 0 Å². The van der Waals surface area contributed by atoms with Crippen molar-refractivity contribution < 1.29 is 0 Å². The van der Waals surface area contributed by atoms with E-state index in [2.05, 4.69) is 59.2 Å². The van der Waals surface area contributed by atoms with E-state index < -0.39 is 0 Å². The van der Waals surface area contributed by atoms with Gasteiger partial charge < -0.3 is 0 Å². The molecule has 0 aliphatic heterocycles. The number of benzene rings is 1. The van der Waals surface area contributed by atoms with Gasteiger partial charge in [-0.2, -0.15) is 0 Å². The fraction of sp³-hybridized carbons (Fsp3) is 0.429. The average molecular weight is 280 g/mol. The molecule has 1 atom stereocenters. The summed E-state index contributed by atoms with van der Waals surface area (Å²) in [5, 5.41) is 3.38. The Morgan fingerprint density at radius 3 is 2.81 bits per heavy atom. The highest BCUT2D eigenvalue weighted by Crippen LogP contribution is 2.17. The molecule has 0 radical (unpaired) electrons. The van der Waals surface area contributed by atoms with E-state index in [4.69, 9.17) is 6.42 Å². The largest absolute Gasteiger partial charge is 0.300 e. The molecule has 0 saturated carbocycles. The number of rotatable bonds is 5. The minimum Gasteiger partial charge on any atom is -0.300 e. The van der Waals surface area contributed by atoms with Gasteiger partial charge in [0.05, 0.1) is 6.04 Å². The molecule has 0 fully saturated rings. The third-order valence-electron chi connectivity index (χ3n) is 2.57. The Morgan fingerprint density at radius 2 is 2.25 bits per heavy atom. The zero-order chi connectivity index (χ0) is 12.0. The van der Waals surface area contributed by atoms with Crippen LogP contribution in [0.4, 0.5) is 0 Å². The molecule has 0 aliphatic rings. The Hall–Kier alpha value is -0.780. The van der Waals surface area contributed by atoms with E-state index in [1.165, 1.54) is 11.1 Å². The first-order chi connectivity index (χ1) is 7.67. The molecule has 0 heterocycles. The number of halogens is 1. The van der Waals surface area contributed by atoms with Crippen LogP contribution in [0.1, 0.15) is 30.9 Å². The molecule has 1 rings (SSSR count). The van der Waals surface area contributed by atoms with Crippen LogP contribution in [0.3, 0.4) is 0 Å². The van der Waals surface area contributed by atoms with Gasteiger partial charge in [-0.1, -0.05) is 47.3 Å². The molecule has 86 valence electrons. The van der Waals surface area contributed by atoms with Gasteiger partial charge in [0, 0.05) is 11.0 Å². The molecule has 16 heavy (non-hydrogen) atoms. The Balaban J connectivity index is 2.54. The molecule has 1 nitrogen and oxygen atoms in total. The van der Waals surface area contributed by atoms with Crippen molar-refractivity contribution in [1.82, 2.24) is 5.32 Å². The first-order valence-electron chi connectivity index (χ1n) is 5.62. The second kappa shape index (κ2) is 6.73. The van der Waals surface area contributed by atoms with Gasteiger partial charge in [0.15, 0.2) is 0 Å². The van der Waals surface area contributed by atoms with Crippen molar-refractivity contribution in [2.75, 3.05) is 0 Å². The number of terminal acetylenes is 1. The lowest BCUT2D eigenvalue weighted by Crippen LogP contribution is -2.26. The molecule has 0 aliphatic carbocycles. The summed E-state index contributed by atoms with van der Waals surface area (Å²) in [6, 6.07) is 6.57. The van der Waals surface area contributed by atoms with Crippen LogP contribution in [0.2, 0.25) is 0 Å². The standard InChI is InChI=1S/C14H18BrN/c1-4-6-13(5-2)16-10-12-8-7-11(3)14(15)9-12/h2,7-9,13,16H,4,6,10H2,1,3H3. The Bertz CT molecular complexity index is 379. The van der Waals surface area contributed by atoms with Crippen molar-refractivity contribution in [2.45, 2.75) is 39.3 Å². The van der Waals surface area contributed by atoms with Crippen LogP contribution in [-0.2, 0) is 6.54 Å². The summed E-state index contributed by atoms with van der Waals surface area (Å²) in [6.45, 7) is 5.06. The average Bonchev–Trinajstić information content (AvgIpc) is 2.28. The normalized spacial score (nSPS) is 12.1. The Kier molecular flexibility index (Phi) is 5.59. The van der Waals surface area contributed by atoms with Crippen LogP contribution < -0.4 is 5.32 Å². The summed E-state index contributed by atoms with van der Waals surface area (Å²) in [7, 11) is 0. The molecule has 1 aromatic rings. The number of nitrogens with one attached hydrogen (secondary N) is 1. The predicted molar refractivity (Wildman–Crippen MR) is 73.2 cm³/mol. The Labute approximate surface area is 107 Å². The molecule has 1 N–H and O–H groups in total. The van der Waals surface area contributed by atoms with Crippen LogP contribution in [0.15, 0.2) is 22.7 Å². The van der Waals surface area contributed by atoms with Gasteiger partial charge in [-0.25, -0.2) is 0 Å². The highest BCUT2D eigenvalue weighted by atomic mass is 79.9. The summed E-state index contributed by atoms with van der Waals surface area (Å²) in [5.41, 5.74) is 2.51. The van der Waals surface area contributed by atoms with E-state index in [9.17, 15) is 0 Å². The molecule has 1 aromatic carbocycles. The topological polar surface area (TPSA) is 12.0 Å². The monoisotopic (exact) mass is 279 g/mol. The number of hydrogen-bond donors (Lipinski definition) is 1. The lowest BCUT2D eigenvalue weighted by molar-refractivity contribution is 0.563. The van der Waals surface area contributed by atoms with E-state index in [0.717, 1.165) is 23.9 Å². The third kappa shape index (κ3) is 4.00. The van der Waals surface area contributed by atoms with Gasteiger partial charge >= 0.3 is 0 Å². The molecule has 0 aromatic heterocycles. The molecule has 1 unspecified atom stereocenters. The summed E-state index contributed by atoms with van der Waals surface area (Å²) in [5.74, 6) is 2.78. The van der Waals surface area contributed by atoms with E-state index in [1.54, 1.807) is 0 Å². The lowest BCUT2D eigenvalue weighted by Gasteiger charge is -2.12. The van der Waals surface area contributed by atoms with E-state index in [0.29, 0.717) is 0 Å². The number of aryl methyl sites for hydroxylation is 1. The van der Waals surface area contributed by atoms with Crippen molar-refractivity contribution in [3.63, 3.8) is 0 Å². The molecular weight excluding hydrogens is 262 g/mol. The second-order valence-electron chi connectivity index (χ2n) is 3.97. The van der Waals surface area contributed by atoms with Crippen molar-refractivity contribution >= 4 is 15.9 Å². The maximum Gasteiger partial charge on any atom is 0.0689 e. The van der Waals surface area contributed by atoms with Gasteiger partial charge in [0.2, 0.25) is 0 Å². The van der Waals surface area contributed by atoms with Crippen molar-refractivity contribution in [2.24, 2.45) is 0 Å². The van der Waals surface area contributed by atoms with Crippen molar-refractivity contribution in [3.05, 3.63) is 33.8 Å². The highest BCUT2D eigenvalue weighted by molar-refractivity contribution is 9.10. The van der Waals surface area contributed by atoms with Crippen molar-refractivity contribution in [3.8, 4) is 12.3 Å². The maximum atomic E-state index is 5.46. The van der Waals surface area contributed by atoms with Crippen LogP contribution in [-0.4, -0.2) is 6.04 Å². The van der Waals surface area contributed by atoms with Crippen LogP contribution in [0, 0.1) is 19.3 Å². The predicted octanol–water partition coefficient (Wildman–Crippen LogP) is 3.65. The van der Waals surface area contributed by atoms with Gasteiger partial charge in [0.1, 0.15) is 0 Å². The summed E-state index contributed by atoms with van der Waals surface area (Å²) in [6.07, 6.45) is 7.60. The molecule has 0 spiro atoms. The SMILES string of the molecule is C#CC(CCC)NCc1ccc(C)c(Br)c1. The number of hydrogen-bond acceptors (Lipinski definition) is 1. The first kappa shape index (κ1) is 13.3. The van der Waals surface area contributed by atoms with Gasteiger partial charge in [-0.05, 0) is 30.5 Å². The third-order valence-corrected chi connectivity index (χ3v) is 3.42. The molecule has 0 bridgehead atoms. The molecule has 0 amide bonds. The second-order valence-corrected chi connectivity index (χ2v) is 4.83. The lowest BCUT2D eigenvalue weighted by atomic mass is 10.1. The van der Waals surface area contributed by atoms with E-state index >= 15 is 0 Å². The minimum absolute atomic E-state index is 0.185. The Morgan fingerprint density at radius 1 is 1.50 bits per heavy atom. The fourth-order valence-corrected chi connectivity index (χ4v) is 1.95. The zero-order valence-electron chi connectivity index (χ0n) is 9.89. The van der Waals surface area contributed by atoms with Crippen LogP contribution >= 0.6 is 15.9 Å². The van der Waals surface area contributed by atoms with E-state index in [1.807, 2.05) is 0 Å². The molecule has 0 saturated heterocycles. The van der Waals surface area contributed by atoms with E-state index in [-0.39, 0.29) is 6.04 Å². The van der Waals surface area contributed by atoms with Crippen LogP contribution in [0.25, 0.3) is 0 Å². The quantitative estimate of drug-likeness (QED) is 0.812. The summed E-state index contributed by atoms with van der Waals surface area (Å²) in [4.78, 5) is 0. The fourth-order valence-electron chi connectivity index (χ4n) is 1.52. The van der Waals surface area contributed by atoms with Crippen LogP contribution in [0.5, 0.6) is 0 Å². The first-order valence-corrected chi connectivity index (χ1v) is 6.41. The summed E-state index contributed by atoms with van der Waals surface area (Å²) >= 11 is 3.53. The minimum atomic E-state index is 0.185. The summed E-state index contributed by atoms with van der Waals surface area (Å²) < 4.78 is 1.15. The van der Waals surface area contributed by atoms with Gasteiger partial charge in [-0.15, -0.1) is 6.42 Å². The highest BCUT2D eigenvalue weighted by Gasteiger charge is 2.03. The smallest absolute Gasteiger partial charge is 0.0689 e. The molecule has 2 heteroatoms. The van der Waals surface area contributed by atoms with Gasteiger partial charge in [-0.3, -0.25) is 5.32 Å². The maximum absolute atomic E-state index is 5.46. The molecular formula is C14H18BrN. The zero-order valence-corrected chi connectivity index (χ0v) is 11.5.